The molecule has 2 amide bonds. The number of piperidine rings is 1. The third-order valence-corrected chi connectivity index (χ3v) is 6.17. The summed E-state index contributed by atoms with van der Waals surface area (Å²) in [6.07, 6.45) is 3.73. The van der Waals surface area contributed by atoms with Crippen molar-refractivity contribution in [2.24, 2.45) is 0 Å². The van der Waals surface area contributed by atoms with E-state index in [1.807, 2.05) is 36.4 Å². The molecule has 2 heterocycles. The Hall–Kier alpha value is -3.22. The van der Waals surface area contributed by atoms with E-state index >= 15 is 0 Å². The smallest absolute Gasteiger partial charge is 0.251 e. The van der Waals surface area contributed by atoms with Crippen molar-refractivity contribution in [1.82, 2.24) is 5.32 Å². The molecule has 0 radical (unpaired) electrons. The molecule has 7 heteroatoms. The van der Waals surface area contributed by atoms with Gasteiger partial charge in [-0.1, -0.05) is 6.07 Å². The Morgan fingerprint density at radius 1 is 1.06 bits per heavy atom. The van der Waals surface area contributed by atoms with Gasteiger partial charge in [0.2, 0.25) is 5.91 Å². The maximum atomic E-state index is 12.8. The molecule has 0 unspecified atom stereocenters. The number of fused-ring (bicyclic) bond motifs is 3. The highest BCUT2D eigenvalue weighted by Crippen LogP contribution is 2.39. The molecule has 0 spiro atoms. The molecule has 2 aromatic carbocycles. The summed E-state index contributed by atoms with van der Waals surface area (Å²) in [5.74, 6) is 1.31. The maximum Gasteiger partial charge on any atom is 0.251 e. The molecule has 1 saturated heterocycles. The molecule has 4 rings (SSSR count). The van der Waals surface area contributed by atoms with Crippen molar-refractivity contribution in [3.05, 3.63) is 47.5 Å². The van der Waals surface area contributed by atoms with Crippen molar-refractivity contribution in [2.45, 2.75) is 31.7 Å². The summed E-state index contributed by atoms with van der Waals surface area (Å²) in [6, 6.07) is 11.3. The van der Waals surface area contributed by atoms with Gasteiger partial charge in [0, 0.05) is 25.7 Å². The van der Waals surface area contributed by atoms with Gasteiger partial charge in [-0.05, 0) is 61.6 Å². The maximum absolute atomic E-state index is 12.8. The first kappa shape index (κ1) is 21.0. The number of amides is 2. The fourth-order valence-electron chi connectivity index (χ4n) is 4.45. The number of carbonyl (C=O) groups excluding carboxylic acids is 2. The predicted molar refractivity (Wildman–Crippen MR) is 120 cm³/mol. The first-order valence-electron chi connectivity index (χ1n) is 10.7. The van der Waals surface area contributed by atoms with Crippen molar-refractivity contribution in [3.8, 4) is 11.5 Å². The minimum Gasteiger partial charge on any atom is -0.493 e. The number of methoxy groups -OCH3 is 2. The van der Waals surface area contributed by atoms with Crippen LogP contribution in [0.15, 0.2) is 36.4 Å². The molecule has 1 fully saturated rings. The first-order chi connectivity index (χ1) is 15.0. The molecule has 1 N–H and O–H groups in total. The molecule has 2 aliphatic heterocycles. The standard InChI is InChI=1S/C24H29N3O4/c1-26-20-15-17(8-9-18(20)27-13-5-4-6-19(27)24(26)29)23(28)25-12-11-16-7-10-21(30-2)22(14-16)31-3/h7-10,14-15,19H,4-6,11-13H2,1-3H3,(H,25,28)/t19-/m1/s1. The van der Waals surface area contributed by atoms with E-state index in [4.69, 9.17) is 9.47 Å². The quantitative estimate of drug-likeness (QED) is 0.773. The van der Waals surface area contributed by atoms with E-state index in [0.29, 0.717) is 30.0 Å². The van der Waals surface area contributed by atoms with Gasteiger partial charge in [0.25, 0.3) is 5.91 Å². The van der Waals surface area contributed by atoms with Crippen molar-refractivity contribution >= 4 is 23.2 Å². The van der Waals surface area contributed by atoms with E-state index in [1.165, 1.54) is 0 Å². The molecular weight excluding hydrogens is 394 g/mol. The summed E-state index contributed by atoms with van der Waals surface area (Å²) in [5, 5.41) is 2.97. The monoisotopic (exact) mass is 423 g/mol. The zero-order valence-corrected chi connectivity index (χ0v) is 18.3. The zero-order valence-electron chi connectivity index (χ0n) is 18.3. The minimum absolute atomic E-state index is 0.0765. The number of benzene rings is 2. The Morgan fingerprint density at radius 3 is 2.65 bits per heavy atom. The Labute approximate surface area is 182 Å². The lowest BCUT2D eigenvalue weighted by molar-refractivity contribution is -0.120. The average Bonchev–Trinajstić information content (AvgIpc) is 2.82. The van der Waals surface area contributed by atoms with E-state index in [1.54, 1.807) is 26.2 Å². The topological polar surface area (TPSA) is 71.1 Å². The van der Waals surface area contributed by atoms with E-state index in [-0.39, 0.29) is 17.9 Å². The molecule has 0 aromatic heterocycles. The number of hydrogen-bond acceptors (Lipinski definition) is 5. The number of hydrogen-bond donors (Lipinski definition) is 1. The van der Waals surface area contributed by atoms with Gasteiger partial charge in [-0.2, -0.15) is 0 Å². The highest BCUT2D eigenvalue weighted by molar-refractivity contribution is 6.07. The van der Waals surface area contributed by atoms with Crippen LogP contribution in [-0.2, 0) is 11.2 Å². The van der Waals surface area contributed by atoms with Crippen LogP contribution >= 0.6 is 0 Å². The second kappa shape index (κ2) is 8.88. The van der Waals surface area contributed by atoms with E-state index in [0.717, 1.165) is 42.7 Å². The lowest BCUT2D eigenvalue weighted by atomic mass is 9.96. The minimum atomic E-state index is -0.148. The predicted octanol–water partition coefficient (Wildman–Crippen LogP) is 3.01. The molecule has 164 valence electrons. The number of likely N-dealkylation sites (N-methyl/N-ethyl adjacent to an activating group) is 1. The van der Waals surface area contributed by atoms with Crippen LogP contribution in [0, 0.1) is 0 Å². The van der Waals surface area contributed by atoms with E-state index in [2.05, 4.69) is 10.2 Å². The Morgan fingerprint density at radius 2 is 1.87 bits per heavy atom. The Kier molecular flexibility index (Phi) is 6.02. The number of rotatable bonds is 6. The van der Waals surface area contributed by atoms with E-state index in [9.17, 15) is 9.59 Å². The van der Waals surface area contributed by atoms with Crippen LogP contribution in [0.1, 0.15) is 35.2 Å². The van der Waals surface area contributed by atoms with Crippen molar-refractivity contribution in [2.75, 3.05) is 44.2 Å². The summed E-state index contributed by atoms with van der Waals surface area (Å²) in [7, 11) is 5.01. The molecule has 7 nitrogen and oxygen atoms in total. The lowest BCUT2D eigenvalue weighted by Gasteiger charge is -2.44. The second-order valence-electron chi connectivity index (χ2n) is 8.00. The van der Waals surface area contributed by atoms with Crippen LogP contribution in [-0.4, -0.2) is 52.2 Å². The number of anilines is 2. The van der Waals surface area contributed by atoms with Crippen molar-refractivity contribution < 1.29 is 19.1 Å². The zero-order chi connectivity index (χ0) is 22.0. The normalized spacial score (nSPS) is 17.6. The van der Waals surface area contributed by atoms with Gasteiger partial charge in [-0.15, -0.1) is 0 Å². The summed E-state index contributed by atoms with van der Waals surface area (Å²) in [4.78, 5) is 29.4. The fourth-order valence-corrected chi connectivity index (χ4v) is 4.45. The summed E-state index contributed by atoms with van der Waals surface area (Å²) >= 11 is 0. The van der Waals surface area contributed by atoms with E-state index < -0.39 is 0 Å². The third kappa shape index (κ3) is 4.04. The summed E-state index contributed by atoms with van der Waals surface area (Å²) in [5.41, 5.74) is 3.44. The van der Waals surface area contributed by atoms with Crippen molar-refractivity contribution in [3.63, 3.8) is 0 Å². The number of ether oxygens (including phenoxy) is 2. The number of nitrogens with zero attached hydrogens (tertiary/aromatic N) is 2. The first-order valence-corrected chi connectivity index (χ1v) is 10.7. The SMILES string of the molecule is COc1ccc(CCNC(=O)c2ccc3c(c2)N(C)C(=O)[C@H]2CCCCN32)cc1OC. The molecule has 2 aromatic rings. The Balaban J connectivity index is 1.44. The number of nitrogens with one attached hydrogen (secondary N) is 1. The highest BCUT2D eigenvalue weighted by atomic mass is 16.5. The molecule has 0 aliphatic carbocycles. The molecule has 31 heavy (non-hydrogen) atoms. The van der Waals surface area contributed by atoms with Crippen molar-refractivity contribution in [1.29, 1.82) is 0 Å². The van der Waals surface area contributed by atoms with Crippen LogP contribution in [0.5, 0.6) is 11.5 Å². The van der Waals surface area contributed by atoms with Gasteiger partial charge in [0.1, 0.15) is 6.04 Å². The van der Waals surface area contributed by atoms with Crippen LogP contribution in [0.4, 0.5) is 11.4 Å². The van der Waals surface area contributed by atoms with Crippen LogP contribution in [0.2, 0.25) is 0 Å². The summed E-state index contributed by atoms with van der Waals surface area (Å²) < 4.78 is 10.6. The molecule has 0 bridgehead atoms. The third-order valence-electron chi connectivity index (χ3n) is 6.17. The molecule has 2 aliphatic rings. The Bertz CT molecular complexity index is 991. The van der Waals surface area contributed by atoms with Crippen LogP contribution in [0.3, 0.4) is 0 Å². The van der Waals surface area contributed by atoms with Gasteiger partial charge in [0.05, 0.1) is 25.6 Å². The van der Waals surface area contributed by atoms with Crippen LogP contribution < -0.4 is 24.6 Å². The average molecular weight is 424 g/mol. The van der Waals surface area contributed by atoms with Gasteiger partial charge in [-0.3, -0.25) is 9.59 Å². The largest absolute Gasteiger partial charge is 0.493 e. The molecular formula is C24H29N3O4. The highest BCUT2D eigenvalue weighted by Gasteiger charge is 2.37. The second-order valence-corrected chi connectivity index (χ2v) is 8.00. The van der Waals surface area contributed by atoms with Crippen LogP contribution in [0.25, 0.3) is 0 Å². The van der Waals surface area contributed by atoms with Gasteiger partial charge >= 0.3 is 0 Å². The molecule has 0 saturated carbocycles. The lowest BCUT2D eigenvalue weighted by Crippen LogP contribution is -2.54. The van der Waals surface area contributed by atoms with Gasteiger partial charge in [0.15, 0.2) is 11.5 Å². The summed E-state index contributed by atoms with van der Waals surface area (Å²) in [6.45, 7) is 1.38. The van der Waals surface area contributed by atoms with Gasteiger partial charge < -0.3 is 24.6 Å². The number of carbonyl (C=O) groups is 2. The molecule has 1 atom stereocenters. The fraction of sp³-hybridized carbons (Fsp3) is 0.417. The van der Waals surface area contributed by atoms with Gasteiger partial charge in [-0.25, -0.2) is 0 Å².